The number of benzene rings is 2. The molecule has 4 aromatic rings. The molecule has 3 heterocycles. The Morgan fingerprint density at radius 2 is 1.73 bits per heavy atom. The maximum absolute atomic E-state index is 14.0. The standard InChI is InChI=1S/C31H38N4O7S2/c1-24-28(32-14-13-30(24)42-20-6-18-39-2)23-43(36)31-33-27-7-3-4-8-29(27)35(31)44(37,38)26-11-9-25(10-12-26)41-19-5-15-34-16-21-40-22-17-34/h3-4,7-14H,5-6,15-23H2,1-2H3. The molecule has 13 heteroatoms. The summed E-state index contributed by atoms with van der Waals surface area (Å²) in [5.74, 6) is 1.18. The molecule has 1 aliphatic rings. The third-order valence-electron chi connectivity index (χ3n) is 7.32. The summed E-state index contributed by atoms with van der Waals surface area (Å²) in [6.07, 6.45) is 3.17. The van der Waals surface area contributed by atoms with E-state index < -0.39 is 21.2 Å². The lowest BCUT2D eigenvalue weighted by molar-refractivity contribution is 0.0358. The summed E-state index contributed by atoms with van der Waals surface area (Å²) < 4.78 is 65.1. The van der Waals surface area contributed by atoms with E-state index in [1.165, 1.54) is 12.1 Å². The van der Waals surface area contributed by atoms with Crippen LogP contribution in [-0.4, -0.2) is 91.6 Å². The Morgan fingerprint density at radius 3 is 2.50 bits per heavy atom. The van der Waals surface area contributed by atoms with E-state index in [9.17, 15) is 13.0 Å². The van der Waals surface area contributed by atoms with Crippen LogP contribution in [0.25, 0.3) is 11.0 Å². The summed E-state index contributed by atoms with van der Waals surface area (Å²) in [6, 6.07) is 14.9. The van der Waals surface area contributed by atoms with Crippen molar-refractivity contribution in [1.82, 2.24) is 18.8 Å². The number of morpholine rings is 1. The number of nitrogens with zero attached hydrogens (tertiary/aromatic N) is 4. The summed E-state index contributed by atoms with van der Waals surface area (Å²) in [6.45, 7) is 7.69. The van der Waals surface area contributed by atoms with Gasteiger partial charge in [0.15, 0.2) is 5.75 Å². The summed E-state index contributed by atoms with van der Waals surface area (Å²) >= 11 is -1.84. The molecular weight excluding hydrogens is 604 g/mol. The molecule has 1 aliphatic heterocycles. The molecule has 236 valence electrons. The van der Waals surface area contributed by atoms with E-state index >= 15 is 0 Å². The highest BCUT2D eigenvalue weighted by Crippen LogP contribution is 2.30. The molecule has 5 rings (SSSR count). The number of aromatic nitrogens is 3. The molecule has 2 aromatic carbocycles. The summed E-state index contributed by atoms with van der Waals surface area (Å²) in [4.78, 5) is 11.3. The van der Waals surface area contributed by atoms with E-state index in [2.05, 4.69) is 14.9 Å². The number of methoxy groups -OCH3 is 1. The monoisotopic (exact) mass is 642 g/mol. The average Bonchev–Trinajstić information content (AvgIpc) is 3.45. The SMILES string of the molecule is COCCCOc1ccnc(C[S+]([O-])c2nc3ccccc3n2S(=O)(=O)c2ccc(OCCCN3CCOCC3)cc2)c1C. The van der Waals surface area contributed by atoms with Crippen molar-refractivity contribution in [2.24, 2.45) is 0 Å². The fourth-order valence-corrected chi connectivity index (χ4v) is 7.96. The Kier molecular flexibility index (Phi) is 11.1. The first-order valence-corrected chi connectivity index (χ1v) is 17.3. The molecule has 0 radical (unpaired) electrons. The van der Waals surface area contributed by atoms with Crippen LogP contribution < -0.4 is 9.47 Å². The summed E-state index contributed by atoms with van der Waals surface area (Å²) in [5.41, 5.74) is 2.06. The highest BCUT2D eigenvalue weighted by Gasteiger charge is 2.32. The van der Waals surface area contributed by atoms with Crippen LogP contribution in [0.4, 0.5) is 0 Å². The van der Waals surface area contributed by atoms with Gasteiger partial charge in [0.25, 0.3) is 10.0 Å². The number of rotatable bonds is 15. The van der Waals surface area contributed by atoms with E-state index in [-0.39, 0.29) is 15.8 Å². The minimum atomic E-state index is -4.15. The van der Waals surface area contributed by atoms with Gasteiger partial charge in [-0.3, -0.25) is 9.88 Å². The van der Waals surface area contributed by atoms with Crippen molar-refractivity contribution in [2.75, 3.05) is 59.8 Å². The van der Waals surface area contributed by atoms with Gasteiger partial charge in [0.2, 0.25) is 0 Å². The van der Waals surface area contributed by atoms with Crippen LogP contribution in [-0.2, 0) is 36.4 Å². The van der Waals surface area contributed by atoms with Gasteiger partial charge in [-0.25, -0.2) is 8.42 Å². The summed E-state index contributed by atoms with van der Waals surface area (Å²) in [5, 5.41) is -0.0674. The molecule has 0 bridgehead atoms. The molecular formula is C31H38N4O7S2. The molecule has 1 saturated heterocycles. The van der Waals surface area contributed by atoms with Crippen LogP contribution in [0, 0.1) is 6.92 Å². The van der Waals surface area contributed by atoms with Crippen LogP contribution >= 0.6 is 0 Å². The van der Waals surface area contributed by atoms with E-state index in [0.717, 1.165) is 55.2 Å². The minimum Gasteiger partial charge on any atom is -0.609 e. The normalized spacial score (nSPS) is 15.0. The van der Waals surface area contributed by atoms with Crippen molar-refractivity contribution < 1.29 is 31.9 Å². The Hall–Kier alpha value is -3.20. The van der Waals surface area contributed by atoms with Crippen LogP contribution in [0.5, 0.6) is 11.5 Å². The zero-order chi connectivity index (χ0) is 30.9. The second-order valence-electron chi connectivity index (χ2n) is 10.3. The van der Waals surface area contributed by atoms with Gasteiger partial charge >= 0.3 is 5.16 Å². The largest absolute Gasteiger partial charge is 0.609 e. The molecule has 44 heavy (non-hydrogen) atoms. The van der Waals surface area contributed by atoms with Gasteiger partial charge in [-0.05, 0) is 55.8 Å². The third-order valence-corrected chi connectivity index (χ3v) is 10.4. The first kappa shape index (κ1) is 32.2. The molecule has 0 amide bonds. The van der Waals surface area contributed by atoms with Gasteiger partial charge < -0.3 is 23.5 Å². The number of fused-ring (bicyclic) bond motifs is 1. The Bertz CT molecular complexity index is 1620. The van der Waals surface area contributed by atoms with E-state index in [4.69, 9.17) is 18.9 Å². The van der Waals surface area contributed by atoms with Gasteiger partial charge in [0.1, 0.15) is 11.5 Å². The molecule has 0 N–H and O–H groups in total. The number of pyridine rings is 1. The molecule has 11 nitrogen and oxygen atoms in total. The fraction of sp³-hybridized carbons (Fsp3) is 0.419. The molecule has 2 aromatic heterocycles. The van der Waals surface area contributed by atoms with Crippen LogP contribution in [0.2, 0.25) is 0 Å². The van der Waals surface area contributed by atoms with Gasteiger partial charge in [0.05, 0.1) is 48.1 Å². The first-order chi connectivity index (χ1) is 21.4. The van der Waals surface area contributed by atoms with E-state index in [0.29, 0.717) is 48.0 Å². The third kappa shape index (κ3) is 7.71. The number of imidazole rings is 1. The van der Waals surface area contributed by atoms with E-state index in [1.807, 2.05) is 6.92 Å². The highest BCUT2D eigenvalue weighted by atomic mass is 32.2. The first-order valence-electron chi connectivity index (χ1n) is 14.6. The number of hydrogen-bond acceptors (Lipinski definition) is 10. The van der Waals surface area contributed by atoms with Crippen molar-refractivity contribution in [1.29, 1.82) is 0 Å². The zero-order valence-corrected chi connectivity index (χ0v) is 26.6. The molecule has 0 spiro atoms. The van der Waals surface area contributed by atoms with Gasteiger partial charge in [0, 0.05) is 62.7 Å². The highest BCUT2D eigenvalue weighted by molar-refractivity contribution is 7.93. The summed E-state index contributed by atoms with van der Waals surface area (Å²) in [7, 11) is -2.52. The lowest BCUT2D eigenvalue weighted by Crippen LogP contribution is -2.37. The molecule has 1 unspecified atom stereocenters. The van der Waals surface area contributed by atoms with Gasteiger partial charge in [-0.1, -0.05) is 12.1 Å². The average molecular weight is 643 g/mol. The minimum absolute atomic E-state index is 0.0306. The second kappa shape index (κ2) is 15.2. The second-order valence-corrected chi connectivity index (χ2v) is 13.5. The maximum Gasteiger partial charge on any atom is 0.338 e. The molecule has 1 atom stereocenters. The van der Waals surface area contributed by atoms with Gasteiger partial charge in [-0.2, -0.15) is 8.96 Å². The quantitative estimate of drug-likeness (QED) is 0.140. The Balaban J connectivity index is 1.33. The van der Waals surface area contributed by atoms with Crippen LogP contribution in [0.3, 0.4) is 0 Å². The number of para-hydroxylation sites is 2. The topological polar surface area (TPSA) is 128 Å². The predicted octanol–water partition coefficient (Wildman–Crippen LogP) is 3.80. The van der Waals surface area contributed by atoms with E-state index in [1.54, 1.807) is 55.8 Å². The lowest BCUT2D eigenvalue weighted by Gasteiger charge is -2.26. The van der Waals surface area contributed by atoms with Crippen molar-refractivity contribution in [3.05, 3.63) is 72.1 Å². The van der Waals surface area contributed by atoms with Crippen molar-refractivity contribution >= 4 is 32.2 Å². The van der Waals surface area contributed by atoms with Crippen LogP contribution in [0.1, 0.15) is 24.1 Å². The van der Waals surface area contributed by atoms with Crippen molar-refractivity contribution in [2.45, 2.75) is 35.6 Å². The predicted molar refractivity (Wildman–Crippen MR) is 167 cm³/mol. The smallest absolute Gasteiger partial charge is 0.338 e. The van der Waals surface area contributed by atoms with Crippen molar-refractivity contribution in [3.8, 4) is 11.5 Å². The van der Waals surface area contributed by atoms with Crippen LogP contribution in [0.15, 0.2) is 70.8 Å². The van der Waals surface area contributed by atoms with Gasteiger partial charge in [-0.15, -0.1) is 0 Å². The maximum atomic E-state index is 14.0. The molecule has 0 saturated carbocycles. The molecule has 0 aliphatic carbocycles. The zero-order valence-electron chi connectivity index (χ0n) is 25.0. The Morgan fingerprint density at radius 1 is 0.977 bits per heavy atom. The van der Waals surface area contributed by atoms with Crippen molar-refractivity contribution in [3.63, 3.8) is 0 Å². The molecule has 1 fully saturated rings. The Labute approximate surface area is 261 Å². The fourth-order valence-electron chi connectivity index (χ4n) is 4.91. The number of ether oxygens (including phenoxy) is 4. The number of hydrogen-bond donors (Lipinski definition) is 0. The lowest BCUT2D eigenvalue weighted by atomic mass is 10.2.